The van der Waals surface area contributed by atoms with Crippen LogP contribution in [-0.4, -0.2) is 16.5 Å². The number of hydrogen-bond acceptors (Lipinski definition) is 2. The smallest absolute Gasteiger partial charge is 0.123 e. The zero-order valence-corrected chi connectivity index (χ0v) is 12.9. The van der Waals surface area contributed by atoms with E-state index in [0.29, 0.717) is 10.6 Å². The summed E-state index contributed by atoms with van der Waals surface area (Å²) in [7, 11) is -1.15. The summed E-state index contributed by atoms with van der Waals surface area (Å²) in [6, 6.07) is 15.9. The summed E-state index contributed by atoms with van der Waals surface area (Å²) in [6.07, 6.45) is 1.02. The maximum Gasteiger partial charge on any atom is 0.123 e. The molecule has 21 heavy (non-hydrogen) atoms. The molecule has 0 saturated heterocycles. The van der Waals surface area contributed by atoms with Gasteiger partial charge in [0.15, 0.2) is 0 Å². The van der Waals surface area contributed by atoms with E-state index in [2.05, 4.69) is 12.2 Å². The van der Waals surface area contributed by atoms with Crippen molar-refractivity contribution in [1.29, 1.82) is 0 Å². The monoisotopic (exact) mass is 305 g/mol. The van der Waals surface area contributed by atoms with E-state index in [-0.39, 0.29) is 11.9 Å². The molecule has 0 spiro atoms. The third-order valence-corrected chi connectivity index (χ3v) is 4.67. The second kappa shape index (κ2) is 8.05. The zero-order chi connectivity index (χ0) is 15.1. The molecular formula is C17H20FNOS. The average molecular weight is 305 g/mol. The Morgan fingerprint density at radius 1 is 1.10 bits per heavy atom. The number of nitrogens with one attached hydrogen (secondary N) is 1. The molecule has 0 radical (unpaired) electrons. The highest BCUT2D eigenvalue weighted by Crippen LogP contribution is 2.17. The van der Waals surface area contributed by atoms with Gasteiger partial charge in [0.05, 0.1) is 10.8 Å². The highest BCUT2D eigenvalue weighted by atomic mass is 32.2. The molecule has 2 nitrogen and oxygen atoms in total. The van der Waals surface area contributed by atoms with Gasteiger partial charge >= 0.3 is 0 Å². The van der Waals surface area contributed by atoms with E-state index in [1.165, 1.54) is 12.1 Å². The van der Waals surface area contributed by atoms with E-state index < -0.39 is 10.8 Å². The molecule has 2 aromatic carbocycles. The molecule has 0 aliphatic rings. The topological polar surface area (TPSA) is 29.1 Å². The van der Waals surface area contributed by atoms with Crippen LogP contribution in [0.5, 0.6) is 0 Å². The molecule has 0 saturated carbocycles. The summed E-state index contributed by atoms with van der Waals surface area (Å²) < 4.78 is 25.4. The third kappa shape index (κ3) is 4.76. The quantitative estimate of drug-likeness (QED) is 0.845. The van der Waals surface area contributed by atoms with Crippen LogP contribution in [0.1, 0.15) is 24.9 Å². The standard InChI is InChI=1S/C17H20FNOS/c1-2-12-19-17(14-6-4-3-5-7-14)13-21(20)16-10-8-15(18)9-11-16/h3-11,17,19H,2,12-13H2,1H3. The van der Waals surface area contributed by atoms with E-state index in [0.717, 1.165) is 18.5 Å². The van der Waals surface area contributed by atoms with Gasteiger partial charge < -0.3 is 5.32 Å². The van der Waals surface area contributed by atoms with Gasteiger partial charge in [-0.25, -0.2) is 4.39 Å². The van der Waals surface area contributed by atoms with Crippen molar-refractivity contribution in [3.05, 3.63) is 66.0 Å². The molecule has 1 N–H and O–H groups in total. The summed E-state index contributed by atoms with van der Waals surface area (Å²) >= 11 is 0. The van der Waals surface area contributed by atoms with Crippen molar-refractivity contribution in [2.24, 2.45) is 0 Å². The fourth-order valence-corrected chi connectivity index (χ4v) is 3.36. The highest BCUT2D eigenvalue weighted by Gasteiger charge is 2.15. The summed E-state index contributed by atoms with van der Waals surface area (Å²) in [5.74, 6) is 0.176. The van der Waals surface area contributed by atoms with Gasteiger partial charge in [-0.2, -0.15) is 0 Å². The first-order valence-electron chi connectivity index (χ1n) is 7.13. The maximum absolute atomic E-state index is 12.9. The molecule has 2 aromatic rings. The molecule has 2 rings (SSSR count). The highest BCUT2D eigenvalue weighted by molar-refractivity contribution is 7.85. The van der Waals surface area contributed by atoms with Crippen LogP contribution in [0, 0.1) is 5.82 Å². The molecule has 0 aliphatic carbocycles. The molecular weight excluding hydrogens is 285 g/mol. The molecule has 0 fully saturated rings. The van der Waals surface area contributed by atoms with Gasteiger partial charge in [-0.05, 0) is 42.8 Å². The predicted molar refractivity (Wildman–Crippen MR) is 85.2 cm³/mol. The second-order valence-electron chi connectivity index (χ2n) is 4.88. The molecule has 2 unspecified atom stereocenters. The minimum absolute atomic E-state index is 0.0389. The molecule has 0 heterocycles. The summed E-state index contributed by atoms with van der Waals surface area (Å²) in [4.78, 5) is 0.663. The minimum Gasteiger partial charge on any atom is -0.309 e. The van der Waals surface area contributed by atoms with Gasteiger partial charge in [0.25, 0.3) is 0 Å². The van der Waals surface area contributed by atoms with Crippen LogP contribution in [0.3, 0.4) is 0 Å². The van der Waals surface area contributed by atoms with Gasteiger partial charge in [0.1, 0.15) is 5.82 Å². The fourth-order valence-electron chi connectivity index (χ4n) is 2.11. The molecule has 0 aromatic heterocycles. The minimum atomic E-state index is -1.15. The Balaban J connectivity index is 2.11. The van der Waals surface area contributed by atoms with Crippen LogP contribution in [0.25, 0.3) is 0 Å². The van der Waals surface area contributed by atoms with Gasteiger partial charge in [0, 0.05) is 16.7 Å². The van der Waals surface area contributed by atoms with Gasteiger partial charge in [-0.15, -0.1) is 0 Å². The molecule has 4 heteroatoms. The van der Waals surface area contributed by atoms with Crippen molar-refractivity contribution in [3.8, 4) is 0 Å². The first kappa shape index (κ1) is 15.9. The third-order valence-electron chi connectivity index (χ3n) is 3.24. The lowest BCUT2D eigenvalue weighted by Crippen LogP contribution is -2.27. The summed E-state index contributed by atoms with van der Waals surface area (Å²) in [6.45, 7) is 2.98. The maximum atomic E-state index is 12.9. The van der Waals surface area contributed by atoms with E-state index in [1.807, 2.05) is 30.3 Å². The number of rotatable bonds is 7. The van der Waals surface area contributed by atoms with Crippen LogP contribution in [0.2, 0.25) is 0 Å². The Bertz CT molecular complexity index is 571. The molecule has 2 atom stereocenters. The fraction of sp³-hybridized carbons (Fsp3) is 0.294. The van der Waals surface area contributed by atoms with Crippen molar-refractivity contribution < 1.29 is 8.60 Å². The average Bonchev–Trinajstić information content (AvgIpc) is 2.52. The van der Waals surface area contributed by atoms with E-state index in [9.17, 15) is 8.60 Å². The summed E-state index contributed by atoms with van der Waals surface area (Å²) in [5.41, 5.74) is 1.13. The van der Waals surface area contributed by atoms with Crippen molar-refractivity contribution >= 4 is 10.8 Å². The number of hydrogen-bond donors (Lipinski definition) is 1. The lowest BCUT2D eigenvalue weighted by molar-refractivity contribution is 0.569. The van der Waals surface area contributed by atoms with Gasteiger partial charge in [0.2, 0.25) is 0 Å². The predicted octanol–water partition coefficient (Wildman–Crippen LogP) is 3.67. The molecule has 0 bridgehead atoms. The molecule has 0 aliphatic heterocycles. The van der Waals surface area contributed by atoms with Crippen LogP contribution < -0.4 is 5.32 Å². The lowest BCUT2D eigenvalue weighted by atomic mass is 10.1. The van der Waals surface area contributed by atoms with E-state index in [4.69, 9.17) is 0 Å². The van der Waals surface area contributed by atoms with Crippen LogP contribution in [0.15, 0.2) is 59.5 Å². The number of benzene rings is 2. The lowest BCUT2D eigenvalue weighted by Gasteiger charge is -2.18. The van der Waals surface area contributed by atoms with E-state index in [1.54, 1.807) is 12.1 Å². The Kier molecular flexibility index (Phi) is 6.08. The Morgan fingerprint density at radius 3 is 2.38 bits per heavy atom. The molecule has 0 amide bonds. The van der Waals surface area contributed by atoms with Crippen molar-refractivity contribution in [2.45, 2.75) is 24.3 Å². The van der Waals surface area contributed by atoms with Crippen LogP contribution >= 0.6 is 0 Å². The summed E-state index contributed by atoms with van der Waals surface area (Å²) in [5, 5.41) is 3.43. The van der Waals surface area contributed by atoms with Crippen LogP contribution in [-0.2, 0) is 10.8 Å². The van der Waals surface area contributed by atoms with Crippen molar-refractivity contribution in [2.75, 3.05) is 12.3 Å². The second-order valence-corrected chi connectivity index (χ2v) is 6.38. The number of halogens is 1. The van der Waals surface area contributed by atoms with Crippen molar-refractivity contribution in [3.63, 3.8) is 0 Å². The largest absolute Gasteiger partial charge is 0.309 e. The van der Waals surface area contributed by atoms with Crippen LogP contribution in [0.4, 0.5) is 4.39 Å². The van der Waals surface area contributed by atoms with Gasteiger partial charge in [-0.1, -0.05) is 37.3 Å². The molecule has 112 valence electrons. The Hall–Kier alpha value is -1.52. The normalized spacial score (nSPS) is 13.8. The van der Waals surface area contributed by atoms with Gasteiger partial charge in [-0.3, -0.25) is 4.21 Å². The van der Waals surface area contributed by atoms with Crippen molar-refractivity contribution in [1.82, 2.24) is 5.32 Å². The Labute approximate surface area is 127 Å². The Morgan fingerprint density at radius 2 is 1.76 bits per heavy atom. The first-order valence-corrected chi connectivity index (χ1v) is 8.45. The zero-order valence-electron chi connectivity index (χ0n) is 12.1. The SMILES string of the molecule is CCCNC(CS(=O)c1ccc(F)cc1)c1ccccc1. The first-order chi connectivity index (χ1) is 10.2. The van der Waals surface area contributed by atoms with E-state index >= 15 is 0 Å².